The van der Waals surface area contributed by atoms with Crippen molar-refractivity contribution in [2.24, 2.45) is 5.73 Å². The molecule has 1 unspecified atom stereocenters. The van der Waals surface area contributed by atoms with E-state index in [4.69, 9.17) is 22.1 Å². The fraction of sp³-hybridized carbons (Fsp3) is 0.364. The fourth-order valence-electron chi connectivity index (χ4n) is 1.90. The molecular formula is C11H12ClNO2. The minimum absolute atomic E-state index is 0.331. The Labute approximate surface area is 93.2 Å². The van der Waals surface area contributed by atoms with Gasteiger partial charge in [-0.3, -0.25) is 4.79 Å². The van der Waals surface area contributed by atoms with Gasteiger partial charge >= 0.3 is 0 Å². The highest BCUT2D eigenvalue weighted by Gasteiger charge is 2.42. The SMILES string of the molecule is NC(=O)C1(c2ccc(Cl)cc2)CCOC1. The zero-order valence-corrected chi connectivity index (χ0v) is 8.96. The summed E-state index contributed by atoms with van der Waals surface area (Å²) < 4.78 is 5.27. The molecule has 0 spiro atoms. The molecule has 1 atom stereocenters. The maximum absolute atomic E-state index is 11.5. The third kappa shape index (κ3) is 1.73. The van der Waals surface area contributed by atoms with E-state index in [0.717, 1.165) is 5.56 Å². The molecular weight excluding hydrogens is 214 g/mol. The summed E-state index contributed by atoms with van der Waals surface area (Å²) in [6.07, 6.45) is 0.643. The van der Waals surface area contributed by atoms with Crippen LogP contribution in [0.25, 0.3) is 0 Å². The molecule has 3 nitrogen and oxygen atoms in total. The maximum Gasteiger partial charge on any atom is 0.230 e. The second-order valence-corrected chi connectivity index (χ2v) is 4.19. The van der Waals surface area contributed by atoms with Crippen LogP contribution >= 0.6 is 11.6 Å². The highest BCUT2D eigenvalue weighted by Crippen LogP contribution is 2.33. The number of hydrogen-bond donors (Lipinski definition) is 1. The molecule has 1 saturated heterocycles. The number of halogens is 1. The molecule has 0 aromatic heterocycles. The predicted octanol–water partition coefficient (Wildman–Crippen LogP) is 1.48. The van der Waals surface area contributed by atoms with Gasteiger partial charge in [-0.2, -0.15) is 0 Å². The summed E-state index contributed by atoms with van der Waals surface area (Å²) in [6, 6.07) is 7.20. The van der Waals surface area contributed by atoms with Crippen molar-refractivity contribution in [2.75, 3.05) is 13.2 Å². The first-order valence-corrected chi connectivity index (χ1v) is 5.17. The molecule has 15 heavy (non-hydrogen) atoms. The van der Waals surface area contributed by atoms with E-state index in [2.05, 4.69) is 0 Å². The number of hydrogen-bond acceptors (Lipinski definition) is 2. The van der Waals surface area contributed by atoms with Gasteiger partial charge in [0, 0.05) is 11.6 Å². The van der Waals surface area contributed by atoms with Crippen LogP contribution in [0.4, 0.5) is 0 Å². The van der Waals surface area contributed by atoms with Gasteiger partial charge in [-0.05, 0) is 24.1 Å². The van der Waals surface area contributed by atoms with E-state index in [-0.39, 0.29) is 5.91 Å². The first-order valence-electron chi connectivity index (χ1n) is 4.79. The van der Waals surface area contributed by atoms with Gasteiger partial charge in [0.15, 0.2) is 0 Å². The Kier molecular flexibility index (Phi) is 2.67. The first-order chi connectivity index (χ1) is 7.15. The van der Waals surface area contributed by atoms with E-state index in [1.54, 1.807) is 12.1 Å². The van der Waals surface area contributed by atoms with Crippen molar-refractivity contribution >= 4 is 17.5 Å². The molecule has 1 fully saturated rings. The smallest absolute Gasteiger partial charge is 0.230 e. The summed E-state index contributed by atoms with van der Waals surface area (Å²) in [7, 11) is 0. The van der Waals surface area contributed by atoms with Crippen molar-refractivity contribution in [3.63, 3.8) is 0 Å². The van der Waals surface area contributed by atoms with Gasteiger partial charge in [0.25, 0.3) is 0 Å². The van der Waals surface area contributed by atoms with Gasteiger partial charge in [-0.1, -0.05) is 23.7 Å². The van der Waals surface area contributed by atoms with Crippen LogP contribution in [0, 0.1) is 0 Å². The number of carbonyl (C=O) groups is 1. The Morgan fingerprint density at radius 2 is 2.07 bits per heavy atom. The summed E-state index contributed by atoms with van der Waals surface area (Å²) in [6.45, 7) is 0.940. The Bertz CT molecular complexity index is 369. The van der Waals surface area contributed by atoms with E-state index in [1.807, 2.05) is 12.1 Å². The molecule has 1 heterocycles. The molecule has 2 N–H and O–H groups in total. The Balaban J connectivity index is 2.41. The number of primary amides is 1. The summed E-state index contributed by atoms with van der Waals surface area (Å²) in [5.74, 6) is -0.331. The van der Waals surface area contributed by atoms with Gasteiger partial charge in [0.2, 0.25) is 5.91 Å². The van der Waals surface area contributed by atoms with Crippen LogP contribution in [0.15, 0.2) is 24.3 Å². The Morgan fingerprint density at radius 1 is 1.40 bits per heavy atom. The first kappa shape index (κ1) is 10.5. The standard InChI is InChI=1S/C11H12ClNO2/c12-9-3-1-8(2-4-9)11(10(13)14)5-6-15-7-11/h1-4H,5-7H2,(H2,13,14). The van der Waals surface area contributed by atoms with Gasteiger partial charge in [0.1, 0.15) is 0 Å². The minimum Gasteiger partial charge on any atom is -0.380 e. The third-order valence-corrected chi connectivity index (χ3v) is 3.14. The topological polar surface area (TPSA) is 52.3 Å². The Morgan fingerprint density at radius 3 is 2.53 bits per heavy atom. The quantitative estimate of drug-likeness (QED) is 0.829. The lowest BCUT2D eigenvalue weighted by Crippen LogP contribution is -2.41. The van der Waals surface area contributed by atoms with Crippen molar-refractivity contribution in [3.8, 4) is 0 Å². The lowest BCUT2D eigenvalue weighted by atomic mass is 9.79. The zero-order chi connectivity index (χ0) is 10.9. The average Bonchev–Trinajstić information content (AvgIpc) is 2.69. The molecule has 4 heteroatoms. The third-order valence-electron chi connectivity index (χ3n) is 2.89. The number of carbonyl (C=O) groups excluding carboxylic acids is 1. The van der Waals surface area contributed by atoms with Crippen LogP contribution in [-0.2, 0) is 14.9 Å². The van der Waals surface area contributed by atoms with Crippen LogP contribution in [0.2, 0.25) is 5.02 Å². The molecule has 1 amide bonds. The molecule has 1 aromatic rings. The van der Waals surface area contributed by atoms with Gasteiger partial charge in [0.05, 0.1) is 12.0 Å². The Hall–Kier alpha value is -1.06. The molecule has 2 rings (SSSR count). The summed E-state index contributed by atoms with van der Waals surface area (Å²) >= 11 is 5.80. The minimum atomic E-state index is -0.662. The van der Waals surface area contributed by atoms with E-state index >= 15 is 0 Å². The molecule has 1 aromatic carbocycles. The van der Waals surface area contributed by atoms with Gasteiger partial charge in [-0.15, -0.1) is 0 Å². The lowest BCUT2D eigenvalue weighted by molar-refractivity contribution is -0.123. The zero-order valence-electron chi connectivity index (χ0n) is 8.20. The molecule has 0 radical (unpaired) electrons. The summed E-state index contributed by atoms with van der Waals surface area (Å²) in [5, 5.41) is 0.650. The van der Waals surface area contributed by atoms with Crippen molar-refractivity contribution in [1.29, 1.82) is 0 Å². The highest BCUT2D eigenvalue weighted by molar-refractivity contribution is 6.30. The van der Waals surface area contributed by atoms with Crippen molar-refractivity contribution < 1.29 is 9.53 Å². The fourth-order valence-corrected chi connectivity index (χ4v) is 2.02. The van der Waals surface area contributed by atoms with Crippen molar-refractivity contribution in [1.82, 2.24) is 0 Å². The molecule has 0 bridgehead atoms. The molecule has 0 saturated carbocycles. The van der Waals surface area contributed by atoms with E-state index in [1.165, 1.54) is 0 Å². The second-order valence-electron chi connectivity index (χ2n) is 3.76. The maximum atomic E-state index is 11.5. The van der Waals surface area contributed by atoms with E-state index in [9.17, 15) is 4.79 Å². The van der Waals surface area contributed by atoms with Crippen LogP contribution < -0.4 is 5.73 Å². The number of nitrogens with two attached hydrogens (primary N) is 1. The van der Waals surface area contributed by atoms with E-state index in [0.29, 0.717) is 24.7 Å². The van der Waals surface area contributed by atoms with Crippen LogP contribution in [0.1, 0.15) is 12.0 Å². The summed E-state index contributed by atoms with van der Waals surface area (Å²) in [5.41, 5.74) is 5.67. The van der Waals surface area contributed by atoms with Crippen LogP contribution in [0.3, 0.4) is 0 Å². The van der Waals surface area contributed by atoms with Crippen molar-refractivity contribution in [2.45, 2.75) is 11.8 Å². The normalized spacial score (nSPS) is 25.4. The number of ether oxygens (including phenoxy) is 1. The molecule has 0 aliphatic carbocycles. The average molecular weight is 226 g/mol. The lowest BCUT2D eigenvalue weighted by Gasteiger charge is -2.23. The van der Waals surface area contributed by atoms with Gasteiger partial charge < -0.3 is 10.5 Å². The second kappa shape index (κ2) is 3.83. The summed E-state index contributed by atoms with van der Waals surface area (Å²) in [4.78, 5) is 11.5. The van der Waals surface area contributed by atoms with Gasteiger partial charge in [-0.25, -0.2) is 0 Å². The van der Waals surface area contributed by atoms with Crippen LogP contribution in [-0.4, -0.2) is 19.1 Å². The van der Waals surface area contributed by atoms with E-state index < -0.39 is 5.41 Å². The molecule has 80 valence electrons. The largest absolute Gasteiger partial charge is 0.380 e. The molecule has 1 aliphatic heterocycles. The number of rotatable bonds is 2. The van der Waals surface area contributed by atoms with Crippen molar-refractivity contribution in [3.05, 3.63) is 34.9 Å². The molecule has 1 aliphatic rings. The number of benzene rings is 1. The van der Waals surface area contributed by atoms with Crippen LogP contribution in [0.5, 0.6) is 0 Å². The highest BCUT2D eigenvalue weighted by atomic mass is 35.5. The number of amides is 1. The predicted molar refractivity (Wildman–Crippen MR) is 57.8 cm³/mol. The monoisotopic (exact) mass is 225 g/mol.